The van der Waals surface area contributed by atoms with Gasteiger partial charge in [-0.2, -0.15) is 0 Å². The maximum absolute atomic E-state index is 12.2. The van der Waals surface area contributed by atoms with Crippen molar-refractivity contribution in [2.45, 2.75) is 58.8 Å². The number of carbonyl (C=O) groups excluding carboxylic acids is 1. The Morgan fingerprint density at radius 1 is 1.20 bits per heavy atom. The molecule has 1 saturated carbocycles. The Balaban J connectivity index is 1.34. The van der Waals surface area contributed by atoms with Crippen molar-refractivity contribution < 1.29 is 28.7 Å². The molecule has 0 aliphatic heterocycles. The number of pyridine rings is 1. The van der Waals surface area contributed by atoms with Gasteiger partial charge in [0, 0.05) is 5.56 Å². The molecule has 0 unspecified atom stereocenters. The Morgan fingerprint density at radius 2 is 2.06 bits per heavy atom. The number of benzene rings is 1. The third-order valence-electron chi connectivity index (χ3n) is 6.09. The van der Waals surface area contributed by atoms with Crippen molar-refractivity contribution in [3.05, 3.63) is 65.0 Å². The molecule has 35 heavy (non-hydrogen) atoms. The summed E-state index contributed by atoms with van der Waals surface area (Å²) < 4.78 is 16.7. The van der Waals surface area contributed by atoms with Gasteiger partial charge in [-0.3, -0.25) is 4.79 Å². The summed E-state index contributed by atoms with van der Waals surface area (Å²) in [4.78, 5) is 27.9. The first-order valence-electron chi connectivity index (χ1n) is 11.7. The number of carboxylic acid groups (broad SMARTS) is 1. The highest BCUT2D eigenvalue weighted by molar-refractivity contribution is 5.70. The molecule has 0 spiro atoms. The molecular formula is C26H29N3O6. The molecule has 1 amide bonds. The Bertz CT molecular complexity index is 1170. The maximum Gasteiger partial charge on any atom is 0.407 e. The van der Waals surface area contributed by atoms with E-state index < -0.39 is 12.1 Å². The predicted octanol–water partition coefficient (Wildman–Crippen LogP) is 4.80. The summed E-state index contributed by atoms with van der Waals surface area (Å²) in [5, 5.41) is 16.0. The van der Waals surface area contributed by atoms with Crippen molar-refractivity contribution in [1.82, 2.24) is 15.5 Å². The van der Waals surface area contributed by atoms with Crippen LogP contribution >= 0.6 is 0 Å². The summed E-state index contributed by atoms with van der Waals surface area (Å²) in [6, 6.07) is 11.3. The molecule has 1 aromatic carbocycles. The topological polar surface area (TPSA) is 124 Å². The molecule has 1 fully saturated rings. The summed E-state index contributed by atoms with van der Waals surface area (Å²) in [6.45, 7) is 4.13. The summed E-state index contributed by atoms with van der Waals surface area (Å²) in [5.41, 5.74) is 3.91. The number of nitrogens with one attached hydrogen (secondary N) is 1. The summed E-state index contributed by atoms with van der Waals surface area (Å²) in [7, 11) is 0. The van der Waals surface area contributed by atoms with Crippen LogP contribution < -0.4 is 10.1 Å². The summed E-state index contributed by atoms with van der Waals surface area (Å²) >= 11 is 0. The van der Waals surface area contributed by atoms with E-state index in [9.17, 15) is 14.7 Å². The van der Waals surface area contributed by atoms with Crippen molar-refractivity contribution in [2.75, 3.05) is 0 Å². The number of aromatic nitrogens is 2. The summed E-state index contributed by atoms with van der Waals surface area (Å²) in [6.07, 6.45) is 3.74. The number of carbonyl (C=O) groups is 2. The van der Waals surface area contributed by atoms with Gasteiger partial charge in [0.05, 0.1) is 30.5 Å². The molecule has 184 valence electrons. The molecule has 1 aliphatic rings. The van der Waals surface area contributed by atoms with E-state index in [0.717, 1.165) is 24.0 Å². The lowest BCUT2D eigenvalue weighted by Crippen LogP contribution is -2.29. The average Bonchev–Trinajstić information content (AvgIpc) is 3.22. The first kappa shape index (κ1) is 24.3. The molecule has 2 atom stereocenters. The SMILES string of the molecule is Cc1cccc(COC(=O)NCc2c(C)noc2-c2ccc(O[C@H]3CCC[C@H](C(=O)O)C3)cn2)c1. The van der Waals surface area contributed by atoms with E-state index in [1.165, 1.54) is 0 Å². The fraction of sp³-hybridized carbons (Fsp3) is 0.385. The number of amides is 1. The number of aryl methyl sites for hydroxylation is 2. The van der Waals surface area contributed by atoms with Gasteiger partial charge in [0.2, 0.25) is 0 Å². The molecule has 1 aliphatic carbocycles. The molecule has 9 heteroatoms. The van der Waals surface area contributed by atoms with Crippen LogP contribution in [0.25, 0.3) is 11.5 Å². The van der Waals surface area contributed by atoms with E-state index >= 15 is 0 Å². The van der Waals surface area contributed by atoms with Gasteiger partial charge in [-0.1, -0.05) is 35.0 Å². The molecule has 2 aromatic heterocycles. The van der Waals surface area contributed by atoms with E-state index in [4.69, 9.17) is 14.0 Å². The van der Waals surface area contributed by atoms with E-state index in [1.807, 2.05) is 31.2 Å². The largest absolute Gasteiger partial charge is 0.489 e. The van der Waals surface area contributed by atoms with Crippen LogP contribution in [0.2, 0.25) is 0 Å². The standard InChI is InChI=1S/C26H29N3O6/c1-16-5-3-6-18(11-16)15-33-26(32)28-14-22-17(2)29-35-24(22)23-10-9-21(13-27-23)34-20-8-4-7-19(12-20)25(30)31/h3,5-6,9-11,13,19-20H,4,7-8,12,14-15H2,1-2H3,(H,28,32)(H,30,31)/t19-,20-/m0/s1. The number of hydrogen-bond acceptors (Lipinski definition) is 7. The number of rotatable bonds is 8. The summed E-state index contributed by atoms with van der Waals surface area (Å²) in [5.74, 6) is -0.110. The fourth-order valence-electron chi connectivity index (χ4n) is 4.21. The van der Waals surface area contributed by atoms with E-state index in [0.29, 0.717) is 41.3 Å². The van der Waals surface area contributed by atoms with E-state index in [2.05, 4.69) is 15.5 Å². The van der Waals surface area contributed by atoms with Crippen molar-refractivity contribution in [3.8, 4) is 17.2 Å². The number of hydrogen-bond donors (Lipinski definition) is 2. The second-order valence-electron chi connectivity index (χ2n) is 8.82. The lowest BCUT2D eigenvalue weighted by molar-refractivity contribution is -0.143. The average molecular weight is 480 g/mol. The third kappa shape index (κ3) is 6.38. The van der Waals surface area contributed by atoms with E-state index in [1.54, 1.807) is 25.3 Å². The Morgan fingerprint density at radius 3 is 2.80 bits per heavy atom. The highest BCUT2D eigenvalue weighted by Gasteiger charge is 2.28. The minimum absolute atomic E-state index is 0.143. The van der Waals surface area contributed by atoms with Crippen LogP contribution in [0.5, 0.6) is 5.75 Å². The van der Waals surface area contributed by atoms with Crippen LogP contribution in [0.1, 0.15) is 48.1 Å². The molecule has 3 aromatic rings. The molecular weight excluding hydrogens is 450 g/mol. The second-order valence-corrected chi connectivity index (χ2v) is 8.82. The van der Waals surface area contributed by atoms with Crippen LogP contribution in [-0.4, -0.2) is 33.4 Å². The quantitative estimate of drug-likeness (QED) is 0.472. The highest BCUT2D eigenvalue weighted by Crippen LogP contribution is 2.30. The molecule has 0 saturated heterocycles. The van der Waals surface area contributed by atoms with Gasteiger partial charge in [-0.25, -0.2) is 9.78 Å². The van der Waals surface area contributed by atoms with Crippen LogP contribution in [0.4, 0.5) is 4.79 Å². The van der Waals surface area contributed by atoms with Crippen LogP contribution in [0, 0.1) is 19.8 Å². The van der Waals surface area contributed by atoms with Gasteiger partial charge < -0.3 is 24.4 Å². The molecule has 0 bridgehead atoms. The first-order valence-corrected chi connectivity index (χ1v) is 11.7. The lowest BCUT2D eigenvalue weighted by atomic mass is 9.87. The Kier molecular flexibility index (Phi) is 7.64. The van der Waals surface area contributed by atoms with Gasteiger partial charge >= 0.3 is 12.1 Å². The lowest BCUT2D eigenvalue weighted by Gasteiger charge is -2.27. The van der Waals surface area contributed by atoms with E-state index in [-0.39, 0.29) is 25.2 Å². The normalized spacial score (nSPS) is 17.5. The minimum atomic E-state index is -0.771. The van der Waals surface area contributed by atoms with Crippen LogP contribution in [-0.2, 0) is 22.7 Å². The van der Waals surface area contributed by atoms with Crippen molar-refractivity contribution >= 4 is 12.1 Å². The van der Waals surface area contributed by atoms with Gasteiger partial charge in [0.15, 0.2) is 5.76 Å². The van der Waals surface area contributed by atoms with Crippen molar-refractivity contribution in [3.63, 3.8) is 0 Å². The zero-order valence-corrected chi connectivity index (χ0v) is 19.8. The molecule has 4 rings (SSSR count). The van der Waals surface area contributed by atoms with Crippen molar-refractivity contribution in [2.24, 2.45) is 5.92 Å². The van der Waals surface area contributed by atoms with Gasteiger partial charge in [-0.05, 0) is 57.2 Å². The highest BCUT2D eigenvalue weighted by atomic mass is 16.5. The Labute approximate surface area is 203 Å². The first-order chi connectivity index (χ1) is 16.9. The number of nitrogens with zero attached hydrogens (tertiary/aromatic N) is 2. The predicted molar refractivity (Wildman–Crippen MR) is 127 cm³/mol. The van der Waals surface area contributed by atoms with Gasteiger partial charge in [-0.15, -0.1) is 0 Å². The van der Waals surface area contributed by atoms with Crippen molar-refractivity contribution in [1.29, 1.82) is 0 Å². The maximum atomic E-state index is 12.2. The smallest absolute Gasteiger partial charge is 0.407 e. The number of ether oxygens (including phenoxy) is 2. The second kappa shape index (κ2) is 11.0. The zero-order valence-electron chi connectivity index (χ0n) is 19.8. The number of carboxylic acids is 1. The molecule has 9 nitrogen and oxygen atoms in total. The molecule has 2 heterocycles. The molecule has 2 N–H and O–H groups in total. The number of aliphatic carboxylic acids is 1. The van der Waals surface area contributed by atoms with Gasteiger partial charge in [0.25, 0.3) is 0 Å². The fourth-order valence-corrected chi connectivity index (χ4v) is 4.21. The van der Waals surface area contributed by atoms with Crippen LogP contribution in [0.3, 0.4) is 0 Å². The minimum Gasteiger partial charge on any atom is -0.489 e. The zero-order chi connectivity index (χ0) is 24.8. The third-order valence-corrected chi connectivity index (χ3v) is 6.09. The monoisotopic (exact) mass is 479 g/mol. The Hall–Kier alpha value is -3.88. The van der Waals surface area contributed by atoms with Gasteiger partial charge in [0.1, 0.15) is 18.1 Å². The molecule has 0 radical (unpaired) electrons. The van der Waals surface area contributed by atoms with Crippen LogP contribution in [0.15, 0.2) is 47.1 Å². The number of alkyl carbamates (subject to hydrolysis) is 1.